The number of rotatable bonds is 6. The summed E-state index contributed by atoms with van der Waals surface area (Å²) in [5, 5.41) is 3.52. The molecule has 0 atom stereocenters. The highest BCUT2D eigenvalue weighted by atomic mass is 35.5. The summed E-state index contributed by atoms with van der Waals surface area (Å²) in [4.78, 5) is 28.5. The number of nitrogens with one attached hydrogen (secondary N) is 1. The summed E-state index contributed by atoms with van der Waals surface area (Å²) in [5.74, 6) is -0.495. The Hall–Kier alpha value is -2.61. The summed E-state index contributed by atoms with van der Waals surface area (Å²) in [5.41, 5.74) is 7.98. The molecule has 0 saturated carbocycles. The normalized spacial score (nSPS) is 14.4. The van der Waals surface area contributed by atoms with Gasteiger partial charge in [-0.25, -0.2) is 4.79 Å². The van der Waals surface area contributed by atoms with E-state index in [1.54, 1.807) is 47.4 Å². The van der Waals surface area contributed by atoms with Crippen LogP contribution in [-0.4, -0.2) is 56.2 Å². The number of nitrogens with zero attached hydrogens (tertiary/aromatic N) is 2. The number of ether oxygens (including phenoxy) is 1. The first kappa shape index (κ1) is 21.1. The number of hydrogen-bond acceptors (Lipinski definition) is 4. The average Bonchev–Trinajstić information content (AvgIpc) is 2.71. The van der Waals surface area contributed by atoms with Crippen molar-refractivity contribution < 1.29 is 14.3 Å². The second-order valence-corrected chi connectivity index (χ2v) is 7.34. The van der Waals surface area contributed by atoms with Crippen molar-refractivity contribution in [1.29, 1.82) is 0 Å². The van der Waals surface area contributed by atoms with Crippen LogP contribution < -0.4 is 16.0 Å². The number of morpholine rings is 1. The second-order valence-electron chi connectivity index (χ2n) is 6.91. The molecule has 3 amide bonds. The Bertz CT molecular complexity index is 867. The second kappa shape index (κ2) is 9.73. The van der Waals surface area contributed by atoms with Gasteiger partial charge in [0.1, 0.15) is 0 Å². The lowest BCUT2D eigenvalue weighted by Gasteiger charge is -2.31. The van der Waals surface area contributed by atoms with Crippen LogP contribution in [0, 0.1) is 6.92 Å². The smallest absolute Gasteiger partial charge is 0.326 e. The average molecular weight is 417 g/mol. The zero-order valence-corrected chi connectivity index (χ0v) is 17.1. The van der Waals surface area contributed by atoms with Gasteiger partial charge in [-0.1, -0.05) is 11.6 Å². The van der Waals surface area contributed by atoms with Crippen molar-refractivity contribution in [2.75, 3.05) is 49.6 Å². The lowest BCUT2D eigenvalue weighted by molar-refractivity contribution is 0.0393. The summed E-state index contributed by atoms with van der Waals surface area (Å²) >= 11 is 5.93. The fourth-order valence-electron chi connectivity index (χ4n) is 3.23. The Morgan fingerprint density at radius 2 is 1.86 bits per heavy atom. The molecule has 0 unspecified atom stereocenters. The molecule has 3 rings (SSSR count). The van der Waals surface area contributed by atoms with E-state index in [4.69, 9.17) is 22.1 Å². The minimum atomic E-state index is -0.495. The van der Waals surface area contributed by atoms with Crippen LogP contribution in [0.15, 0.2) is 42.5 Å². The van der Waals surface area contributed by atoms with E-state index in [-0.39, 0.29) is 6.03 Å². The SMILES string of the molecule is Cc1cc(C(N)=O)ccc1N(CCN1CCOCC1)C(=O)Nc1ccc(Cl)cc1. The predicted molar refractivity (Wildman–Crippen MR) is 115 cm³/mol. The maximum Gasteiger partial charge on any atom is 0.326 e. The van der Waals surface area contributed by atoms with Crippen LogP contribution in [0.25, 0.3) is 0 Å². The monoisotopic (exact) mass is 416 g/mol. The van der Waals surface area contributed by atoms with Gasteiger partial charge >= 0.3 is 6.03 Å². The summed E-state index contributed by atoms with van der Waals surface area (Å²) in [7, 11) is 0. The highest BCUT2D eigenvalue weighted by Crippen LogP contribution is 2.23. The van der Waals surface area contributed by atoms with Gasteiger partial charge in [0, 0.05) is 48.1 Å². The molecule has 0 spiro atoms. The highest BCUT2D eigenvalue weighted by molar-refractivity contribution is 6.30. The number of amides is 3. The highest BCUT2D eigenvalue weighted by Gasteiger charge is 2.20. The Morgan fingerprint density at radius 3 is 2.48 bits per heavy atom. The van der Waals surface area contributed by atoms with Crippen molar-refractivity contribution in [3.63, 3.8) is 0 Å². The van der Waals surface area contributed by atoms with E-state index in [0.717, 1.165) is 24.3 Å². The molecule has 3 N–H and O–H groups in total. The van der Waals surface area contributed by atoms with Crippen LogP contribution in [0.1, 0.15) is 15.9 Å². The molecular weight excluding hydrogens is 392 g/mol. The van der Waals surface area contributed by atoms with Gasteiger partial charge in [-0.3, -0.25) is 14.6 Å². The predicted octanol–water partition coefficient (Wildman–Crippen LogP) is 3.12. The number of carbonyl (C=O) groups excluding carboxylic acids is 2. The lowest BCUT2D eigenvalue weighted by Crippen LogP contribution is -2.44. The van der Waals surface area contributed by atoms with Crippen molar-refractivity contribution >= 4 is 34.9 Å². The molecule has 0 radical (unpaired) electrons. The number of carbonyl (C=O) groups is 2. The van der Waals surface area contributed by atoms with Crippen LogP contribution >= 0.6 is 11.6 Å². The molecule has 1 heterocycles. The van der Waals surface area contributed by atoms with Crippen molar-refractivity contribution in [3.05, 3.63) is 58.6 Å². The van der Waals surface area contributed by atoms with E-state index in [1.807, 2.05) is 6.92 Å². The van der Waals surface area contributed by atoms with Crippen molar-refractivity contribution in [2.45, 2.75) is 6.92 Å². The Kier molecular flexibility index (Phi) is 7.09. The van der Waals surface area contributed by atoms with Crippen LogP contribution in [0.4, 0.5) is 16.2 Å². The van der Waals surface area contributed by atoms with E-state index >= 15 is 0 Å². The number of hydrogen-bond donors (Lipinski definition) is 2. The molecule has 154 valence electrons. The molecule has 1 aliphatic heterocycles. The lowest BCUT2D eigenvalue weighted by atomic mass is 10.1. The third kappa shape index (κ3) is 5.69. The molecule has 1 fully saturated rings. The summed E-state index contributed by atoms with van der Waals surface area (Å²) in [6, 6.07) is 11.8. The maximum atomic E-state index is 13.1. The zero-order chi connectivity index (χ0) is 20.8. The molecule has 7 nitrogen and oxygen atoms in total. The fourth-order valence-corrected chi connectivity index (χ4v) is 3.36. The summed E-state index contributed by atoms with van der Waals surface area (Å²) in [6.07, 6.45) is 0. The van der Waals surface area contributed by atoms with Crippen LogP contribution in [0.2, 0.25) is 5.02 Å². The van der Waals surface area contributed by atoms with E-state index in [1.165, 1.54) is 0 Å². The largest absolute Gasteiger partial charge is 0.379 e. The molecule has 2 aromatic rings. The molecule has 2 aromatic carbocycles. The van der Waals surface area contributed by atoms with Gasteiger partial charge in [0.05, 0.1) is 13.2 Å². The third-order valence-corrected chi connectivity index (χ3v) is 5.11. The number of halogens is 1. The minimum absolute atomic E-state index is 0.254. The number of aryl methyl sites for hydroxylation is 1. The first-order valence-corrected chi connectivity index (χ1v) is 9.86. The van der Waals surface area contributed by atoms with Gasteiger partial charge < -0.3 is 15.8 Å². The van der Waals surface area contributed by atoms with E-state index < -0.39 is 5.91 Å². The van der Waals surface area contributed by atoms with Crippen LogP contribution in [-0.2, 0) is 4.74 Å². The van der Waals surface area contributed by atoms with Crippen molar-refractivity contribution in [2.24, 2.45) is 5.73 Å². The van der Waals surface area contributed by atoms with Crippen LogP contribution in [0.3, 0.4) is 0 Å². The molecule has 0 bridgehead atoms. The number of urea groups is 1. The molecule has 1 saturated heterocycles. The van der Waals surface area contributed by atoms with E-state index in [9.17, 15) is 9.59 Å². The number of primary amides is 1. The third-order valence-electron chi connectivity index (χ3n) is 4.86. The Balaban J connectivity index is 1.81. The molecule has 1 aliphatic rings. The number of benzene rings is 2. The van der Waals surface area contributed by atoms with Gasteiger partial charge in [0.2, 0.25) is 5.91 Å². The molecule has 29 heavy (non-hydrogen) atoms. The maximum absolute atomic E-state index is 13.1. The molecule has 0 aromatic heterocycles. The fraction of sp³-hybridized carbons (Fsp3) is 0.333. The summed E-state index contributed by atoms with van der Waals surface area (Å²) in [6.45, 7) is 6.15. The van der Waals surface area contributed by atoms with Crippen molar-refractivity contribution in [3.8, 4) is 0 Å². The Morgan fingerprint density at radius 1 is 1.17 bits per heavy atom. The quantitative estimate of drug-likeness (QED) is 0.757. The molecule has 0 aliphatic carbocycles. The number of anilines is 2. The molecular formula is C21H25ClN4O3. The standard InChI is InChI=1S/C21H25ClN4O3/c1-15-14-16(20(23)27)2-7-19(15)26(9-8-25-10-12-29-13-11-25)21(28)24-18-5-3-17(22)4-6-18/h2-7,14H,8-13H2,1H3,(H2,23,27)(H,24,28). The first-order valence-electron chi connectivity index (χ1n) is 9.48. The van der Waals surface area contributed by atoms with Gasteiger partial charge in [-0.15, -0.1) is 0 Å². The van der Waals surface area contributed by atoms with Gasteiger partial charge in [-0.2, -0.15) is 0 Å². The van der Waals surface area contributed by atoms with Crippen molar-refractivity contribution in [1.82, 2.24) is 4.90 Å². The first-order chi connectivity index (χ1) is 13.9. The van der Waals surface area contributed by atoms with Crippen LogP contribution in [0.5, 0.6) is 0 Å². The summed E-state index contributed by atoms with van der Waals surface area (Å²) < 4.78 is 5.39. The molecule has 8 heteroatoms. The number of nitrogens with two attached hydrogens (primary N) is 1. The van der Waals surface area contributed by atoms with Gasteiger partial charge in [0.15, 0.2) is 0 Å². The van der Waals surface area contributed by atoms with E-state index in [0.29, 0.717) is 42.6 Å². The zero-order valence-electron chi connectivity index (χ0n) is 16.4. The van der Waals surface area contributed by atoms with E-state index in [2.05, 4.69) is 10.2 Å². The Labute approximate surface area is 175 Å². The topological polar surface area (TPSA) is 87.9 Å². The van der Waals surface area contributed by atoms with Gasteiger partial charge in [-0.05, 0) is 55.0 Å². The minimum Gasteiger partial charge on any atom is -0.379 e. The van der Waals surface area contributed by atoms with Gasteiger partial charge in [0.25, 0.3) is 0 Å².